The van der Waals surface area contributed by atoms with E-state index in [1.54, 1.807) is 0 Å². The Balaban J connectivity index is 2.19. The zero-order valence-electron chi connectivity index (χ0n) is 13.1. The van der Waals surface area contributed by atoms with Gasteiger partial charge in [0.1, 0.15) is 0 Å². The van der Waals surface area contributed by atoms with Crippen LogP contribution < -0.4 is 5.32 Å². The lowest BCUT2D eigenvalue weighted by molar-refractivity contribution is -0.144. The minimum Gasteiger partial charge on any atom is -0.375 e. The van der Waals surface area contributed by atoms with Crippen molar-refractivity contribution in [1.29, 1.82) is 0 Å². The second-order valence-electron chi connectivity index (χ2n) is 6.45. The van der Waals surface area contributed by atoms with Crippen LogP contribution in [0.3, 0.4) is 0 Å². The molecule has 1 aliphatic rings. The first-order chi connectivity index (χ1) is 8.52. The molecule has 1 fully saturated rings. The molecule has 0 saturated heterocycles. The Morgan fingerprint density at radius 2 is 1.94 bits per heavy atom. The minimum absolute atomic E-state index is 0.299. The summed E-state index contributed by atoms with van der Waals surface area (Å²) < 4.78 is 6.22. The van der Waals surface area contributed by atoms with Crippen molar-refractivity contribution in [2.75, 3.05) is 6.54 Å². The van der Waals surface area contributed by atoms with Crippen molar-refractivity contribution in [1.82, 2.24) is 5.32 Å². The second kappa shape index (κ2) is 7.49. The summed E-state index contributed by atoms with van der Waals surface area (Å²) in [6.45, 7) is 12.4. The second-order valence-corrected chi connectivity index (χ2v) is 6.45. The van der Waals surface area contributed by atoms with Gasteiger partial charge in [-0.25, -0.2) is 0 Å². The van der Waals surface area contributed by atoms with Crippen LogP contribution in [0.5, 0.6) is 0 Å². The van der Waals surface area contributed by atoms with E-state index in [9.17, 15) is 0 Å². The van der Waals surface area contributed by atoms with Crippen molar-refractivity contribution in [3.8, 4) is 0 Å². The van der Waals surface area contributed by atoms with Crippen LogP contribution in [0.2, 0.25) is 0 Å². The Labute approximate surface area is 114 Å². The predicted octanol–water partition coefficient (Wildman–Crippen LogP) is 4.14. The molecule has 0 spiro atoms. The first-order valence-corrected chi connectivity index (χ1v) is 7.91. The molecule has 2 nitrogen and oxygen atoms in total. The summed E-state index contributed by atoms with van der Waals surface area (Å²) in [6.07, 6.45) is 8.63. The molecule has 0 bridgehead atoms. The molecule has 0 aliphatic heterocycles. The number of hydrogen-bond acceptors (Lipinski definition) is 2. The van der Waals surface area contributed by atoms with Crippen LogP contribution in [0.4, 0.5) is 0 Å². The maximum Gasteiger partial charge on any atom is 0.0659 e. The first kappa shape index (κ1) is 16.0. The highest BCUT2D eigenvalue weighted by Gasteiger charge is 2.48. The molecule has 1 aliphatic carbocycles. The molecule has 0 radical (unpaired) electrons. The van der Waals surface area contributed by atoms with Gasteiger partial charge in [-0.2, -0.15) is 0 Å². The van der Waals surface area contributed by atoms with Crippen LogP contribution >= 0.6 is 0 Å². The van der Waals surface area contributed by atoms with Gasteiger partial charge in [0.25, 0.3) is 0 Å². The zero-order chi connectivity index (χ0) is 13.6. The molecule has 1 N–H and O–H groups in total. The SMILES string of the molecule is CCCCCCC(C)OC1CC(NCC)C1(C)C. The standard InChI is InChI=1S/C16H33NO/c1-6-8-9-10-11-13(3)18-15-12-14(17-7-2)16(15,4)5/h13-15,17H,6-12H2,1-5H3. The van der Waals surface area contributed by atoms with Gasteiger partial charge in [-0.05, 0) is 26.3 Å². The molecule has 0 aromatic heterocycles. The van der Waals surface area contributed by atoms with Gasteiger partial charge in [0.2, 0.25) is 0 Å². The summed E-state index contributed by atoms with van der Waals surface area (Å²) in [4.78, 5) is 0. The Hall–Kier alpha value is -0.0800. The summed E-state index contributed by atoms with van der Waals surface area (Å²) in [5, 5.41) is 3.56. The van der Waals surface area contributed by atoms with E-state index >= 15 is 0 Å². The van der Waals surface area contributed by atoms with Gasteiger partial charge < -0.3 is 10.1 Å². The fourth-order valence-electron chi connectivity index (χ4n) is 2.92. The fourth-order valence-corrected chi connectivity index (χ4v) is 2.92. The summed E-state index contributed by atoms with van der Waals surface area (Å²) in [5.41, 5.74) is 0.299. The fraction of sp³-hybridized carbons (Fsp3) is 1.00. The average Bonchev–Trinajstić information content (AvgIpc) is 2.33. The lowest BCUT2D eigenvalue weighted by Crippen LogP contribution is -2.61. The summed E-state index contributed by atoms with van der Waals surface area (Å²) >= 11 is 0. The van der Waals surface area contributed by atoms with E-state index < -0.39 is 0 Å². The van der Waals surface area contributed by atoms with Gasteiger partial charge in [0.15, 0.2) is 0 Å². The monoisotopic (exact) mass is 255 g/mol. The van der Waals surface area contributed by atoms with Crippen molar-refractivity contribution < 1.29 is 4.74 Å². The molecule has 3 unspecified atom stereocenters. The van der Waals surface area contributed by atoms with E-state index in [1.807, 2.05) is 0 Å². The van der Waals surface area contributed by atoms with Gasteiger partial charge in [-0.3, -0.25) is 0 Å². The quantitative estimate of drug-likeness (QED) is 0.625. The van der Waals surface area contributed by atoms with Crippen molar-refractivity contribution in [3.05, 3.63) is 0 Å². The topological polar surface area (TPSA) is 21.3 Å². The van der Waals surface area contributed by atoms with E-state index in [0.29, 0.717) is 23.7 Å². The molecular weight excluding hydrogens is 222 g/mol. The van der Waals surface area contributed by atoms with Crippen LogP contribution in [-0.2, 0) is 4.74 Å². The van der Waals surface area contributed by atoms with Gasteiger partial charge >= 0.3 is 0 Å². The molecular formula is C16H33NO. The van der Waals surface area contributed by atoms with Gasteiger partial charge in [-0.1, -0.05) is 53.4 Å². The lowest BCUT2D eigenvalue weighted by Gasteiger charge is -2.52. The average molecular weight is 255 g/mol. The number of hydrogen-bond donors (Lipinski definition) is 1. The zero-order valence-corrected chi connectivity index (χ0v) is 13.1. The van der Waals surface area contributed by atoms with Crippen LogP contribution in [0, 0.1) is 5.41 Å². The molecule has 0 heterocycles. The first-order valence-electron chi connectivity index (χ1n) is 7.91. The van der Waals surface area contributed by atoms with E-state index in [1.165, 1.54) is 38.5 Å². The summed E-state index contributed by atoms with van der Waals surface area (Å²) in [5.74, 6) is 0. The maximum atomic E-state index is 6.22. The lowest BCUT2D eigenvalue weighted by atomic mass is 9.64. The van der Waals surface area contributed by atoms with Crippen LogP contribution in [0.25, 0.3) is 0 Å². The van der Waals surface area contributed by atoms with Crippen molar-refractivity contribution in [3.63, 3.8) is 0 Å². The van der Waals surface area contributed by atoms with Gasteiger partial charge in [0, 0.05) is 11.5 Å². The van der Waals surface area contributed by atoms with Crippen LogP contribution in [0.1, 0.15) is 73.1 Å². The normalized spacial score (nSPS) is 27.8. The van der Waals surface area contributed by atoms with Crippen LogP contribution in [-0.4, -0.2) is 24.8 Å². The maximum absolute atomic E-state index is 6.22. The summed E-state index contributed by atoms with van der Waals surface area (Å²) in [6, 6.07) is 0.639. The van der Waals surface area contributed by atoms with Gasteiger partial charge in [0.05, 0.1) is 12.2 Å². The van der Waals surface area contributed by atoms with E-state index in [4.69, 9.17) is 4.74 Å². The molecule has 3 atom stereocenters. The Morgan fingerprint density at radius 3 is 2.50 bits per heavy atom. The number of rotatable bonds is 9. The molecule has 1 rings (SSSR count). The van der Waals surface area contributed by atoms with Crippen molar-refractivity contribution in [2.24, 2.45) is 5.41 Å². The Bertz CT molecular complexity index is 227. The number of nitrogens with one attached hydrogen (secondary N) is 1. The Kier molecular flexibility index (Phi) is 6.65. The van der Waals surface area contributed by atoms with Crippen molar-refractivity contribution in [2.45, 2.75) is 91.4 Å². The third kappa shape index (κ3) is 4.24. The highest BCUT2D eigenvalue weighted by atomic mass is 16.5. The molecule has 1 saturated carbocycles. The molecule has 0 amide bonds. The summed E-state index contributed by atoms with van der Waals surface area (Å²) in [7, 11) is 0. The van der Waals surface area contributed by atoms with E-state index in [0.717, 1.165) is 6.54 Å². The molecule has 0 aromatic carbocycles. The van der Waals surface area contributed by atoms with E-state index in [-0.39, 0.29) is 0 Å². The molecule has 18 heavy (non-hydrogen) atoms. The minimum atomic E-state index is 0.299. The molecule has 0 aromatic rings. The predicted molar refractivity (Wildman–Crippen MR) is 79.0 cm³/mol. The van der Waals surface area contributed by atoms with E-state index in [2.05, 4.69) is 39.9 Å². The third-order valence-corrected chi connectivity index (χ3v) is 4.49. The molecule has 2 heteroatoms. The highest BCUT2D eigenvalue weighted by molar-refractivity contribution is 5.02. The smallest absolute Gasteiger partial charge is 0.0659 e. The third-order valence-electron chi connectivity index (χ3n) is 4.49. The van der Waals surface area contributed by atoms with Gasteiger partial charge in [-0.15, -0.1) is 0 Å². The number of ether oxygens (including phenoxy) is 1. The van der Waals surface area contributed by atoms with Crippen molar-refractivity contribution >= 4 is 0 Å². The highest BCUT2D eigenvalue weighted by Crippen LogP contribution is 2.43. The number of unbranched alkanes of at least 4 members (excludes halogenated alkanes) is 3. The molecule has 108 valence electrons. The van der Waals surface area contributed by atoms with Crippen LogP contribution in [0.15, 0.2) is 0 Å². The Morgan fingerprint density at radius 1 is 1.22 bits per heavy atom. The largest absolute Gasteiger partial charge is 0.375 e.